The van der Waals surface area contributed by atoms with Gasteiger partial charge >= 0.3 is 5.97 Å². The van der Waals surface area contributed by atoms with Crippen LogP contribution in [-0.2, 0) is 42.7 Å². The van der Waals surface area contributed by atoms with Crippen LogP contribution in [0.1, 0.15) is 27.7 Å². The molecule has 0 spiro atoms. The molecule has 4 aliphatic heterocycles. The van der Waals surface area contributed by atoms with Gasteiger partial charge in [0.2, 0.25) is 6.29 Å². The summed E-state index contributed by atoms with van der Waals surface area (Å²) in [6.45, 7) is 8.32. The van der Waals surface area contributed by atoms with E-state index in [2.05, 4.69) is 6.58 Å². The average Bonchev–Trinajstić information content (AvgIpc) is 3.33. The molecule has 0 aromatic heterocycles. The summed E-state index contributed by atoms with van der Waals surface area (Å²) >= 11 is 0. The van der Waals surface area contributed by atoms with Crippen LogP contribution in [0, 0.1) is 0 Å². The quantitative estimate of drug-likeness (QED) is 0.0312. The Morgan fingerprint density at radius 2 is 0.797 bits per heavy atom. The summed E-state index contributed by atoms with van der Waals surface area (Å²) in [7, 11) is 0. The fourth-order valence-electron chi connectivity index (χ4n) is 7.03. The van der Waals surface area contributed by atoms with Gasteiger partial charge in [-0.3, -0.25) is 0 Å². The minimum atomic E-state index is -1.84. The Labute approximate surface area is 398 Å². The molecule has 0 saturated carbocycles. The van der Waals surface area contributed by atoms with Gasteiger partial charge in [0, 0.05) is 5.57 Å². The predicted molar refractivity (Wildman–Crippen MR) is 236 cm³/mol. The van der Waals surface area contributed by atoms with Crippen LogP contribution in [0.4, 0.5) is 0 Å². The normalized spacial score (nSPS) is 40.0. The van der Waals surface area contributed by atoms with Crippen LogP contribution in [-0.4, -0.2) is 233 Å². The zero-order valence-corrected chi connectivity index (χ0v) is 38.5. The number of carbonyl (C=O) groups is 1. The Bertz CT molecular complexity index is 1880. The van der Waals surface area contributed by atoms with Crippen molar-refractivity contribution < 1.29 is 114 Å². The second kappa shape index (κ2) is 27.4. The molecule has 4 saturated heterocycles. The minimum Gasteiger partial charge on any atom is -0.429 e. The summed E-state index contributed by atoms with van der Waals surface area (Å²) in [6.07, 6.45) is -14.5. The number of esters is 1. The van der Waals surface area contributed by atoms with E-state index < -0.39 is 155 Å². The van der Waals surface area contributed by atoms with Crippen molar-refractivity contribution in [1.82, 2.24) is 0 Å². The summed E-state index contributed by atoms with van der Waals surface area (Å²) in [5.74, 6) is -0.911. The molecule has 0 amide bonds. The number of hydrogen-bond donors (Lipinski definition) is 14. The minimum absolute atomic E-state index is 0.0952. The van der Waals surface area contributed by atoms with Crippen LogP contribution in [0.5, 0.6) is 0 Å². The maximum absolute atomic E-state index is 12.8. The molecule has 0 aliphatic carbocycles. The Balaban J connectivity index is 1.21. The Kier molecular flexibility index (Phi) is 23.1. The predicted octanol–water partition coefficient (Wildman–Crippen LogP) is -4.20. The van der Waals surface area contributed by atoms with Crippen LogP contribution in [0.25, 0.3) is 0 Å². The molecule has 23 heteroatoms. The van der Waals surface area contributed by atoms with Gasteiger partial charge in [0.15, 0.2) is 18.9 Å². The maximum atomic E-state index is 12.8. The fourth-order valence-corrected chi connectivity index (χ4v) is 7.03. The molecular weight excluding hydrogens is 920 g/mol. The lowest BCUT2D eigenvalue weighted by Gasteiger charge is -2.42. The third-order valence-corrected chi connectivity index (χ3v) is 11.6. The molecule has 4 heterocycles. The molecule has 69 heavy (non-hydrogen) atoms. The second-order valence-electron chi connectivity index (χ2n) is 17.0. The van der Waals surface area contributed by atoms with E-state index in [9.17, 15) is 76.3 Å². The molecule has 23 nitrogen and oxygen atoms in total. The molecule has 4 aliphatic rings. The molecule has 0 unspecified atom stereocenters. The second-order valence-corrected chi connectivity index (χ2v) is 17.0. The van der Waals surface area contributed by atoms with Crippen molar-refractivity contribution >= 4 is 5.97 Å². The number of rotatable bonds is 20. The van der Waals surface area contributed by atoms with Crippen molar-refractivity contribution in [3.05, 3.63) is 95.2 Å². The van der Waals surface area contributed by atoms with E-state index in [4.69, 9.17) is 37.9 Å². The van der Waals surface area contributed by atoms with Gasteiger partial charge in [-0.05, 0) is 38.8 Å². The van der Waals surface area contributed by atoms with E-state index >= 15 is 0 Å². The lowest BCUT2D eigenvalue weighted by atomic mass is 9.98. The van der Waals surface area contributed by atoms with E-state index in [1.54, 1.807) is 37.3 Å². The number of aliphatic hydroxyl groups is 14. The fraction of sp³-hybridized carbons (Fsp3) is 0.630. The molecule has 14 N–H and O–H groups in total. The van der Waals surface area contributed by atoms with Crippen LogP contribution in [0.2, 0.25) is 0 Å². The molecule has 4 fully saturated rings. The standard InChI is InChI=1S/C46H68O23/c1-21(12-8-14-23(3)25(5)18-62-43-40(59)36(55)32(51)28(67-43)19-63-44-38(57)34(53)30(49)26(16-47)65-44)10-6-7-11-22(2)13-9-15-24(4)42(61)69-46-41(60)37(56)33(52)29(68-46)20-64-45-39(58)35(54)31(50)27(17-48)66-45/h6-15,26-41,43-60H,5,16-20H2,1-4H3/b7-6+,12-8+,13-9+,21-10+,22-11+,23-14+,24-15+/t26-,27-,28-,29-,30-,31-,32-,33-,34+,35+,36+,37+,38-,39-,40-,41-,43-,44-,45-,46+/m1/s1. The monoisotopic (exact) mass is 988 g/mol. The van der Waals surface area contributed by atoms with Crippen molar-refractivity contribution in [2.45, 2.75) is 151 Å². The van der Waals surface area contributed by atoms with E-state index in [-0.39, 0.29) is 12.2 Å². The highest BCUT2D eigenvalue weighted by Crippen LogP contribution is 2.29. The third kappa shape index (κ3) is 15.8. The Morgan fingerprint density at radius 1 is 0.449 bits per heavy atom. The first kappa shape index (κ1) is 58.1. The summed E-state index contributed by atoms with van der Waals surface area (Å²) in [5.41, 5.74) is 3.02. The van der Waals surface area contributed by atoms with Crippen molar-refractivity contribution in [1.29, 1.82) is 0 Å². The number of aliphatic hydroxyl groups excluding tert-OH is 14. The number of allylic oxidation sites excluding steroid dienone is 12. The topological polar surface area (TPSA) is 374 Å². The summed E-state index contributed by atoms with van der Waals surface area (Å²) in [4.78, 5) is 12.8. The smallest absolute Gasteiger partial charge is 0.336 e. The van der Waals surface area contributed by atoms with Crippen molar-refractivity contribution in [3.8, 4) is 0 Å². The van der Waals surface area contributed by atoms with E-state index in [1.807, 2.05) is 38.2 Å². The molecule has 0 aromatic rings. The van der Waals surface area contributed by atoms with Crippen molar-refractivity contribution in [2.24, 2.45) is 0 Å². The third-order valence-electron chi connectivity index (χ3n) is 11.6. The van der Waals surface area contributed by atoms with Gasteiger partial charge < -0.3 is 109 Å². The van der Waals surface area contributed by atoms with Gasteiger partial charge in [-0.15, -0.1) is 0 Å². The number of hydrogen-bond acceptors (Lipinski definition) is 23. The summed E-state index contributed by atoms with van der Waals surface area (Å²) in [5, 5.41) is 142. The zero-order chi connectivity index (χ0) is 51.3. The number of ether oxygens (including phenoxy) is 8. The van der Waals surface area contributed by atoms with Gasteiger partial charge in [0.25, 0.3) is 0 Å². The van der Waals surface area contributed by atoms with Crippen LogP contribution in [0.15, 0.2) is 95.2 Å². The van der Waals surface area contributed by atoms with Gasteiger partial charge in [-0.1, -0.05) is 78.5 Å². The Hall–Kier alpha value is -3.45. The summed E-state index contributed by atoms with van der Waals surface area (Å²) < 4.78 is 43.5. The average molecular weight is 989 g/mol. The lowest BCUT2D eigenvalue weighted by Crippen LogP contribution is -2.61. The largest absolute Gasteiger partial charge is 0.429 e. The maximum Gasteiger partial charge on any atom is 0.336 e. The Morgan fingerprint density at radius 3 is 1.22 bits per heavy atom. The van der Waals surface area contributed by atoms with Crippen molar-refractivity contribution in [2.75, 3.05) is 33.0 Å². The molecule has 20 atom stereocenters. The lowest BCUT2D eigenvalue weighted by molar-refractivity contribution is -0.330. The highest BCUT2D eigenvalue weighted by Gasteiger charge is 2.50. The highest BCUT2D eigenvalue weighted by molar-refractivity contribution is 5.88. The molecule has 0 bridgehead atoms. The van der Waals surface area contributed by atoms with Gasteiger partial charge in [-0.25, -0.2) is 4.79 Å². The van der Waals surface area contributed by atoms with Crippen LogP contribution >= 0.6 is 0 Å². The molecule has 390 valence electrons. The van der Waals surface area contributed by atoms with E-state index in [0.717, 1.165) is 16.7 Å². The molecule has 0 aromatic carbocycles. The first-order valence-electron chi connectivity index (χ1n) is 22.1. The van der Waals surface area contributed by atoms with Gasteiger partial charge in [-0.2, -0.15) is 0 Å². The first-order valence-corrected chi connectivity index (χ1v) is 22.1. The number of carbonyl (C=O) groups excluding carboxylic acids is 1. The van der Waals surface area contributed by atoms with Crippen LogP contribution in [0.3, 0.4) is 0 Å². The highest BCUT2D eigenvalue weighted by atomic mass is 16.7. The molecule has 0 radical (unpaired) electrons. The first-order chi connectivity index (χ1) is 32.6. The van der Waals surface area contributed by atoms with E-state index in [0.29, 0.717) is 5.57 Å². The summed E-state index contributed by atoms with van der Waals surface area (Å²) in [6, 6.07) is 0. The van der Waals surface area contributed by atoms with Gasteiger partial charge in [0.1, 0.15) is 97.7 Å². The van der Waals surface area contributed by atoms with Gasteiger partial charge in [0.05, 0.1) is 33.0 Å². The van der Waals surface area contributed by atoms with E-state index in [1.165, 1.54) is 13.0 Å². The van der Waals surface area contributed by atoms with Crippen molar-refractivity contribution in [3.63, 3.8) is 0 Å². The van der Waals surface area contributed by atoms with Crippen LogP contribution < -0.4 is 0 Å². The molecular formula is C46H68O23. The zero-order valence-electron chi connectivity index (χ0n) is 38.5. The molecule has 4 rings (SSSR count). The SMILES string of the molecule is C=C(CO[C@@H]1O[C@H](CO[C@@H]2O[C@H](CO)[C@@H](O)[C@H](O)[C@H]2O)[C@@H](O)[C@H](O)[C@H]1O)/C(C)=C/C=C/C(C)=C/C=C/C=C(C)/C=C/C=C(\C)C(=O)O[C@@H]1O[C@H](CO[C@@H]2O[C@H](CO)[C@@H](O)[C@H](O)[C@H]2O)[C@@H](O)[C@H](O)[C@H]1O.